The van der Waals surface area contributed by atoms with Gasteiger partial charge in [-0.2, -0.15) is 4.98 Å². The van der Waals surface area contributed by atoms with Gasteiger partial charge < -0.3 is 14.7 Å². The number of carbonyl (C=O) groups is 2. The SMILES string of the molecule is Cc1nc(-c2cccc(N3CC(C(=O)Nc4cccc(C)c4C)CC3=O)c2)no1. The van der Waals surface area contributed by atoms with E-state index in [0.717, 1.165) is 28.1 Å². The van der Waals surface area contributed by atoms with E-state index in [1.165, 1.54) is 0 Å². The van der Waals surface area contributed by atoms with Crippen LogP contribution in [0.1, 0.15) is 23.4 Å². The molecule has 7 heteroatoms. The molecule has 0 spiro atoms. The molecule has 3 aromatic rings. The number of hydrogen-bond acceptors (Lipinski definition) is 5. The zero-order valence-electron chi connectivity index (χ0n) is 16.6. The van der Waals surface area contributed by atoms with Crippen LogP contribution in [0.15, 0.2) is 47.0 Å². The maximum atomic E-state index is 12.8. The third kappa shape index (κ3) is 3.76. The van der Waals surface area contributed by atoms with Gasteiger partial charge in [-0.15, -0.1) is 0 Å². The lowest BCUT2D eigenvalue weighted by molar-refractivity contribution is -0.122. The highest BCUT2D eigenvalue weighted by Crippen LogP contribution is 2.29. The van der Waals surface area contributed by atoms with E-state index in [4.69, 9.17) is 4.52 Å². The molecule has 1 N–H and O–H groups in total. The van der Waals surface area contributed by atoms with Gasteiger partial charge in [-0.05, 0) is 43.2 Å². The normalized spacial score (nSPS) is 16.3. The van der Waals surface area contributed by atoms with Crippen molar-refractivity contribution in [1.82, 2.24) is 10.1 Å². The van der Waals surface area contributed by atoms with Crippen LogP contribution in [0, 0.1) is 26.7 Å². The van der Waals surface area contributed by atoms with Crippen molar-refractivity contribution in [2.24, 2.45) is 5.92 Å². The summed E-state index contributed by atoms with van der Waals surface area (Å²) in [6, 6.07) is 13.2. The molecule has 2 amide bonds. The van der Waals surface area contributed by atoms with Crippen LogP contribution in [0.25, 0.3) is 11.4 Å². The van der Waals surface area contributed by atoms with Gasteiger partial charge in [0.05, 0.1) is 5.92 Å². The van der Waals surface area contributed by atoms with Crippen LogP contribution in [0.5, 0.6) is 0 Å². The summed E-state index contributed by atoms with van der Waals surface area (Å²) in [5.74, 6) is 0.330. The molecule has 2 heterocycles. The molecule has 0 saturated carbocycles. The fourth-order valence-electron chi connectivity index (χ4n) is 3.48. The molecule has 1 aliphatic heterocycles. The molecular weight excluding hydrogens is 368 g/mol. The lowest BCUT2D eigenvalue weighted by atomic mass is 10.1. The number of rotatable bonds is 4. The van der Waals surface area contributed by atoms with E-state index in [0.29, 0.717) is 18.3 Å². The van der Waals surface area contributed by atoms with Crippen LogP contribution in [-0.4, -0.2) is 28.5 Å². The van der Waals surface area contributed by atoms with Gasteiger partial charge >= 0.3 is 0 Å². The Bertz CT molecular complexity index is 1090. The summed E-state index contributed by atoms with van der Waals surface area (Å²) in [6.07, 6.45) is 0.183. The van der Waals surface area contributed by atoms with Crippen LogP contribution in [0.3, 0.4) is 0 Å². The predicted octanol–water partition coefficient (Wildman–Crippen LogP) is 3.65. The molecule has 2 aromatic carbocycles. The third-order valence-corrected chi connectivity index (χ3v) is 5.30. The molecule has 1 unspecified atom stereocenters. The number of aryl methyl sites for hydroxylation is 2. The lowest BCUT2D eigenvalue weighted by Crippen LogP contribution is -2.28. The molecule has 148 valence electrons. The number of amides is 2. The minimum atomic E-state index is -0.404. The first-order valence-electron chi connectivity index (χ1n) is 9.50. The highest BCUT2D eigenvalue weighted by Gasteiger charge is 2.35. The maximum Gasteiger partial charge on any atom is 0.229 e. The van der Waals surface area contributed by atoms with Crippen molar-refractivity contribution in [3.63, 3.8) is 0 Å². The fourth-order valence-corrected chi connectivity index (χ4v) is 3.48. The maximum absolute atomic E-state index is 12.8. The van der Waals surface area contributed by atoms with Gasteiger partial charge in [0.1, 0.15) is 0 Å². The van der Waals surface area contributed by atoms with Crippen molar-refractivity contribution in [3.8, 4) is 11.4 Å². The molecule has 1 fully saturated rings. The van der Waals surface area contributed by atoms with Crippen molar-refractivity contribution in [1.29, 1.82) is 0 Å². The Morgan fingerprint density at radius 3 is 2.72 bits per heavy atom. The number of aromatic nitrogens is 2. The second kappa shape index (κ2) is 7.50. The van der Waals surface area contributed by atoms with Crippen molar-refractivity contribution in [3.05, 3.63) is 59.5 Å². The quantitative estimate of drug-likeness (QED) is 0.735. The summed E-state index contributed by atoms with van der Waals surface area (Å²) in [5.41, 5.74) is 4.41. The average molecular weight is 390 g/mol. The Balaban J connectivity index is 1.51. The second-order valence-corrected chi connectivity index (χ2v) is 7.33. The number of nitrogens with one attached hydrogen (secondary N) is 1. The van der Waals surface area contributed by atoms with Crippen molar-refractivity contribution < 1.29 is 14.1 Å². The largest absolute Gasteiger partial charge is 0.339 e. The van der Waals surface area contributed by atoms with E-state index in [1.54, 1.807) is 11.8 Å². The molecule has 1 aromatic heterocycles. The van der Waals surface area contributed by atoms with Crippen molar-refractivity contribution in [2.75, 3.05) is 16.8 Å². The highest BCUT2D eigenvalue weighted by molar-refractivity contribution is 6.04. The zero-order chi connectivity index (χ0) is 20.5. The van der Waals surface area contributed by atoms with Crippen LogP contribution in [0.2, 0.25) is 0 Å². The van der Waals surface area contributed by atoms with Gasteiger partial charge in [-0.25, -0.2) is 0 Å². The standard InChI is InChI=1S/C22H22N4O3/c1-13-6-4-9-19(14(13)2)24-22(28)17-11-20(27)26(12-17)18-8-5-7-16(10-18)21-23-15(3)29-25-21/h4-10,17H,11-12H2,1-3H3,(H,24,28). The number of benzene rings is 2. The smallest absolute Gasteiger partial charge is 0.229 e. The minimum Gasteiger partial charge on any atom is -0.339 e. The van der Waals surface area contributed by atoms with E-state index < -0.39 is 5.92 Å². The molecule has 0 bridgehead atoms. The van der Waals surface area contributed by atoms with E-state index in [1.807, 2.05) is 56.3 Å². The van der Waals surface area contributed by atoms with E-state index in [-0.39, 0.29) is 18.2 Å². The molecule has 1 saturated heterocycles. The van der Waals surface area contributed by atoms with Crippen LogP contribution < -0.4 is 10.2 Å². The lowest BCUT2D eigenvalue weighted by Gasteiger charge is -2.18. The number of carbonyl (C=O) groups excluding carboxylic acids is 2. The molecule has 7 nitrogen and oxygen atoms in total. The van der Waals surface area contributed by atoms with Gasteiger partial charge in [-0.3, -0.25) is 9.59 Å². The third-order valence-electron chi connectivity index (χ3n) is 5.30. The molecule has 0 radical (unpaired) electrons. The van der Waals surface area contributed by atoms with Crippen LogP contribution >= 0.6 is 0 Å². The Morgan fingerprint density at radius 2 is 1.97 bits per heavy atom. The Labute approximate surface area is 168 Å². The first-order chi connectivity index (χ1) is 13.9. The monoisotopic (exact) mass is 390 g/mol. The Kier molecular flexibility index (Phi) is 4.88. The number of nitrogens with zero attached hydrogens (tertiary/aromatic N) is 3. The summed E-state index contributed by atoms with van der Waals surface area (Å²) in [4.78, 5) is 31.3. The molecular formula is C22H22N4O3. The topological polar surface area (TPSA) is 88.3 Å². The summed E-state index contributed by atoms with van der Waals surface area (Å²) in [6.45, 7) is 6.04. The van der Waals surface area contributed by atoms with Crippen LogP contribution in [0.4, 0.5) is 11.4 Å². The molecule has 0 aliphatic carbocycles. The van der Waals surface area contributed by atoms with Gasteiger partial charge in [-0.1, -0.05) is 29.4 Å². The van der Waals surface area contributed by atoms with E-state index >= 15 is 0 Å². The first kappa shape index (κ1) is 18.9. The molecule has 29 heavy (non-hydrogen) atoms. The van der Waals surface area contributed by atoms with Crippen LogP contribution in [-0.2, 0) is 9.59 Å². The molecule has 4 rings (SSSR count). The predicted molar refractivity (Wildman–Crippen MR) is 109 cm³/mol. The fraction of sp³-hybridized carbons (Fsp3) is 0.273. The summed E-state index contributed by atoms with van der Waals surface area (Å²) in [7, 11) is 0. The zero-order valence-corrected chi connectivity index (χ0v) is 16.6. The highest BCUT2D eigenvalue weighted by atomic mass is 16.5. The number of anilines is 2. The van der Waals surface area contributed by atoms with Gasteiger partial charge in [0.2, 0.25) is 23.5 Å². The van der Waals surface area contributed by atoms with E-state index in [2.05, 4.69) is 15.5 Å². The van der Waals surface area contributed by atoms with E-state index in [9.17, 15) is 9.59 Å². The van der Waals surface area contributed by atoms with Crippen molar-refractivity contribution >= 4 is 23.2 Å². The van der Waals surface area contributed by atoms with Gasteiger partial charge in [0.15, 0.2) is 0 Å². The minimum absolute atomic E-state index is 0.0763. The first-order valence-corrected chi connectivity index (χ1v) is 9.50. The summed E-state index contributed by atoms with van der Waals surface area (Å²) < 4.78 is 5.03. The summed E-state index contributed by atoms with van der Waals surface area (Å²) >= 11 is 0. The Morgan fingerprint density at radius 1 is 1.17 bits per heavy atom. The van der Waals surface area contributed by atoms with Crippen molar-refractivity contribution in [2.45, 2.75) is 27.2 Å². The summed E-state index contributed by atoms with van der Waals surface area (Å²) in [5, 5.41) is 6.90. The molecule has 1 aliphatic rings. The second-order valence-electron chi connectivity index (χ2n) is 7.33. The Hall–Kier alpha value is -3.48. The van der Waals surface area contributed by atoms with Gasteiger partial charge in [0, 0.05) is 36.8 Å². The average Bonchev–Trinajstić information content (AvgIpc) is 3.31. The molecule has 1 atom stereocenters. The number of hydrogen-bond donors (Lipinski definition) is 1. The van der Waals surface area contributed by atoms with Gasteiger partial charge in [0.25, 0.3) is 0 Å².